The van der Waals surface area contributed by atoms with Crippen LogP contribution in [-0.4, -0.2) is 27.9 Å². The third-order valence-electron chi connectivity index (χ3n) is 5.26. The summed E-state index contributed by atoms with van der Waals surface area (Å²) in [5, 5.41) is 7.73. The van der Waals surface area contributed by atoms with Crippen LogP contribution in [0.15, 0.2) is 65.0 Å². The van der Waals surface area contributed by atoms with Crippen LogP contribution < -0.4 is 16.2 Å². The first kappa shape index (κ1) is 23.0. The van der Waals surface area contributed by atoms with Crippen molar-refractivity contribution in [2.75, 3.05) is 11.9 Å². The number of carbonyl (C=O) groups excluding carboxylic acids is 2. The number of nitrogens with zero attached hydrogens (tertiary/aromatic N) is 2. The Morgan fingerprint density at radius 1 is 1.15 bits per heavy atom. The highest BCUT2D eigenvalue weighted by molar-refractivity contribution is 7.17. The number of nitrogens with one attached hydrogen (secondary N) is 2. The van der Waals surface area contributed by atoms with Crippen LogP contribution in [0.2, 0.25) is 0 Å². The van der Waals surface area contributed by atoms with Crippen LogP contribution in [0.3, 0.4) is 0 Å². The topological polar surface area (TPSA) is 93.1 Å². The Balaban J connectivity index is 1.38. The van der Waals surface area contributed by atoms with E-state index in [1.807, 2.05) is 36.6 Å². The Kier molecular flexibility index (Phi) is 6.85. The highest BCUT2D eigenvalue weighted by atomic mass is 32.1. The van der Waals surface area contributed by atoms with Gasteiger partial charge >= 0.3 is 0 Å². The molecule has 7 nitrogen and oxygen atoms in total. The molecule has 2 aromatic heterocycles. The summed E-state index contributed by atoms with van der Waals surface area (Å²) in [6.45, 7) is 1.98. The van der Waals surface area contributed by atoms with Crippen molar-refractivity contribution in [3.8, 4) is 23.5 Å². The van der Waals surface area contributed by atoms with E-state index in [1.165, 1.54) is 22.2 Å². The van der Waals surface area contributed by atoms with Crippen LogP contribution in [0.4, 0.5) is 5.69 Å². The maximum atomic E-state index is 13.1. The molecular weight excluding hydrogens is 448 g/mol. The number of thiophene rings is 1. The fourth-order valence-electron chi connectivity index (χ4n) is 3.45. The first-order valence-electron chi connectivity index (χ1n) is 10.6. The van der Waals surface area contributed by atoms with Crippen LogP contribution in [0.5, 0.6) is 0 Å². The molecule has 0 radical (unpaired) electrons. The summed E-state index contributed by atoms with van der Waals surface area (Å²) in [5.41, 5.74) is 3.93. The van der Waals surface area contributed by atoms with Gasteiger partial charge in [-0.1, -0.05) is 41.8 Å². The highest BCUT2D eigenvalue weighted by Gasteiger charge is 2.14. The van der Waals surface area contributed by atoms with E-state index < -0.39 is 0 Å². The van der Waals surface area contributed by atoms with Gasteiger partial charge in [-0.2, -0.15) is 0 Å². The van der Waals surface area contributed by atoms with Gasteiger partial charge in [0.25, 0.3) is 5.56 Å². The van der Waals surface area contributed by atoms with E-state index in [4.69, 9.17) is 6.42 Å². The number of rotatable bonds is 7. The van der Waals surface area contributed by atoms with Gasteiger partial charge in [0.15, 0.2) is 0 Å². The number of anilines is 1. The van der Waals surface area contributed by atoms with Crippen molar-refractivity contribution in [2.45, 2.75) is 19.9 Å². The Morgan fingerprint density at radius 2 is 1.94 bits per heavy atom. The maximum Gasteiger partial charge on any atom is 0.262 e. The zero-order valence-corrected chi connectivity index (χ0v) is 19.3. The number of hydrogen-bond acceptors (Lipinski definition) is 5. The van der Waals surface area contributed by atoms with E-state index in [0.29, 0.717) is 21.5 Å². The molecule has 8 heteroatoms. The largest absolute Gasteiger partial charge is 0.347 e. The molecule has 4 rings (SSSR count). The van der Waals surface area contributed by atoms with Crippen LogP contribution in [0.1, 0.15) is 17.5 Å². The van der Waals surface area contributed by atoms with Crippen molar-refractivity contribution >= 4 is 39.1 Å². The summed E-state index contributed by atoms with van der Waals surface area (Å²) in [6, 6.07) is 14.8. The summed E-state index contributed by atoms with van der Waals surface area (Å²) in [6.07, 6.45) is 6.86. The van der Waals surface area contributed by atoms with E-state index in [0.717, 1.165) is 16.7 Å². The molecule has 4 aromatic rings. The zero-order chi connectivity index (χ0) is 24.1. The normalized spacial score (nSPS) is 10.6. The quantitative estimate of drug-likeness (QED) is 0.404. The summed E-state index contributed by atoms with van der Waals surface area (Å²) in [7, 11) is 0. The molecule has 0 saturated carbocycles. The van der Waals surface area contributed by atoms with E-state index in [1.54, 1.807) is 24.3 Å². The summed E-state index contributed by atoms with van der Waals surface area (Å²) < 4.78 is 1.43. The van der Waals surface area contributed by atoms with E-state index in [-0.39, 0.29) is 36.9 Å². The van der Waals surface area contributed by atoms with Crippen molar-refractivity contribution in [2.24, 2.45) is 0 Å². The molecule has 170 valence electrons. The van der Waals surface area contributed by atoms with Gasteiger partial charge in [0.2, 0.25) is 11.8 Å². The third-order valence-corrected chi connectivity index (χ3v) is 6.15. The van der Waals surface area contributed by atoms with Gasteiger partial charge in [0, 0.05) is 35.2 Å². The molecule has 0 fully saturated rings. The second kappa shape index (κ2) is 10.1. The second-order valence-electron chi connectivity index (χ2n) is 7.74. The molecule has 2 N–H and O–H groups in total. The fraction of sp³-hybridized carbons (Fsp3) is 0.154. The van der Waals surface area contributed by atoms with Gasteiger partial charge in [-0.05, 0) is 30.7 Å². The smallest absolute Gasteiger partial charge is 0.262 e. The average Bonchev–Trinajstić information content (AvgIpc) is 3.28. The molecular formula is C26H22N4O3S. The molecule has 2 aromatic carbocycles. The van der Waals surface area contributed by atoms with Gasteiger partial charge in [0.05, 0.1) is 18.3 Å². The number of terminal acetylenes is 1. The summed E-state index contributed by atoms with van der Waals surface area (Å²) in [5.74, 6) is 1.78. The molecule has 0 saturated heterocycles. The Morgan fingerprint density at radius 3 is 2.71 bits per heavy atom. The van der Waals surface area contributed by atoms with Crippen LogP contribution in [0.25, 0.3) is 21.3 Å². The Hall–Kier alpha value is -4.22. The number of amides is 2. The number of aryl methyl sites for hydroxylation is 2. The van der Waals surface area contributed by atoms with Crippen molar-refractivity contribution in [3.05, 3.63) is 81.7 Å². The summed E-state index contributed by atoms with van der Waals surface area (Å²) >= 11 is 1.42. The SMILES string of the molecule is C#Cc1cccc(NC(=O)CNC(=O)CCn2cnc3scc(-c4ccc(C)cc4)c3c2=O)c1. The van der Waals surface area contributed by atoms with Crippen LogP contribution in [0, 0.1) is 19.3 Å². The Labute approximate surface area is 200 Å². The van der Waals surface area contributed by atoms with E-state index in [9.17, 15) is 14.4 Å². The van der Waals surface area contributed by atoms with E-state index in [2.05, 4.69) is 21.5 Å². The molecule has 0 atom stereocenters. The van der Waals surface area contributed by atoms with Crippen molar-refractivity contribution in [3.63, 3.8) is 0 Å². The lowest BCUT2D eigenvalue weighted by atomic mass is 10.1. The van der Waals surface area contributed by atoms with Crippen molar-refractivity contribution < 1.29 is 9.59 Å². The standard InChI is InChI=1S/C26H22N4O3S/c1-3-18-5-4-6-20(13-18)29-23(32)14-27-22(31)11-12-30-16-28-25-24(26(30)33)21(15-34-25)19-9-7-17(2)8-10-19/h1,4-10,13,15-16H,11-12,14H2,2H3,(H,27,31)(H,29,32). The molecule has 0 spiro atoms. The number of fused-ring (bicyclic) bond motifs is 1. The Bertz CT molecular complexity index is 1460. The number of hydrogen-bond donors (Lipinski definition) is 2. The maximum absolute atomic E-state index is 13.1. The molecule has 2 heterocycles. The molecule has 0 unspecified atom stereocenters. The van der Waals surface area contributed by atoms with Crippen molar-refractivity contribution in [1.29, 1.82) is 0 Å². The molecule has 0 aliphatic carbocycles. The fourth-order valence-corrected chi connectivity index (χ4v) is 4.36. The molecule has 0 aliphatic heterocycles. The monoisotopic (exact) mass is 470 g/mol. The lowest BCUT2D eigenvalue weighted by Crippen LogP contribution is -2.34. The highest BCUT2D eigenvalue weighted by Crippen LogP contribution is 2.30. The molecule has 34 heavy (non-hydrogen) atoms. The average molecular weight is 471 g/mol. The lowest BCUT2D eigenvalue weighted by molar-refractivity contribution is -0.124. The van der Waals surface area contributed by atoms with Gasteiger partial charge in [0.1, 0.15) is 4.83 Å². The minimum absolute atomic E-state index is 0.0386. The third kappa shape index (κ3) is 5.22. The van der Waals surface area contributed by atoms with Crippen LogP contribution >= 0.6 is 11.3 Å². The second-order valence-corrected chi connectivity index (χ2v) is 8.60. The number of benzene rings is 2. The lowest BCUT2D eigenvalue weighted by Gasteiger charge is -2.09. The first-order valence-corrected chi connectivity index (χ1v) is 11.5. The van der Waals surface area contributed by atoms with Gasteiger partial charge < -0.3 is 10.6 Å². The first-order chi connectivity index (χ1) is 16.4. The molecule has 2 amide bonds. The predicted octanol–water partition coefficient (Wildman–Crippen LogP) is 3.56. The van der Waals surface area contributed by atoms with E-state index >= 15 is 0 Å². The number of carbonyl (C=O) groups is 2. The van der Waals surface area contributed by atoms with Crippen LogP contribution in [-0.2, 0) is 16.1 Å². The minimum Gasteiger partial charge on any atom is -0.347 e. The van der Waals surface area contributed by atoms with Gasteiger partial charge in [-0.15, -0.1) is 17.8 Å². The zero-order valence-electron chi connectivity index (χ0n) is 18.5. The van der Waals surface area contributed by atoms with Gasteiger partial charge in [-0.25, -0.2) is 4.98 Å². The minimum atomic E-state index is -0.371. The summed E-state index contributed by atoms with van der Waals surface area (Å²) in [4.78, 5) is 42.5. The van der Waals surface area contributed by atoms with Crippen molar-refractivity contribution in [1.82, 2.24) is 14.9 Å². The van der Waals surface area contributed by atoms with Gasteiger partial charge in [-0.3, -0.25) is 19.0 Å². The number of aromatic nitrogens is 2. The predicted molar refractivity (Wildman–Crippen MR) is 135 cm³/mol. The molecule has 0 bridgehead atoms. The molecule has 0 aliphatic rings.